The summed E-state index contributed by atoms with van der Waals surface area (Å²) in [4.78, 5) is 34.6. The molecule has 0 aromatic carbocycles. The highest BCUT2D eigenvalue weighted by molar-refractivity contribution is 5.85. The summed E-state index contributed by atoms with van der Waals surface area (Å²) < 4.78 is 10.3. The number of amides is 2. The number of guanidine groups is 1. The number of alkyl carbamates (subject to hydrolysis) is 1. The number of aliphatic hydroxyl groups excluding tert-OH is 2. The first-order valence-corrected chi connectivity index (χ1v) is 7.77. The Morgan fingerprint density at radius 1 is 1.41 bits per heavy atom. The van der Waals surface area contributed by atoms with Crippen LogP contribution in [0.1, 0.15) is 6.92 Å². The Bertz CT molecular complexity index is 625. The number of carboxylic acids is 1. The van der Waals surface area contributed by atoms with E-state index in [0.717, 1.165) is 6.08 Å². The van der Waals surface area contributed by atoms with Crippen molar-refractivity contribution in [2.45, 2.75) is 37.3 Å². The third kappa shape index (κ3) is 6.00. The van der Waals surface area contributed by atoms with E-state index < -0.39 is 66.7 Å². The van der Waals surface area contributed by atoms with Crippen molar-refractivity contribution in [1.29, 1.82) is 5.41 Å². The van der Waals surface area contributed by atoms with Crippen LogP contribution in [0.2, 0.25) is 0 Å². The number of carbonyl (C=O) groups excluding carboxylic acids is 2. The summed E-state index contributed by atoms with van der Waals surface area (Å²) in [6.45, 7) is 0.334. The SMILES string of the molecule is CNC(=O)O[C@H](C(O)CO)[C@@H]1OC(C(=O)O)=C[C@H](NC(=N)N)[C@@H]1NC(C)=O. The number of carboxylic acid groups (broad SMARTS) is 1. The molecule has 0 radical (unpaired) electrons. The van der Waals surface area contributed by atoms with Gasteiger partial charge in [-0.3, -0.25) is 10.2 Å². The van der Waals surface area contributed by atoms with Crippen LogP contribution in [0, 0.1) is 5.41 Å². The smallest absolute Gasteiger partial charge is 0.407 e. The van der Waals surface area contributed by atoms with Crippen LogP contribution in [0.5, 0.6) is 0 Å². The summed E-state index contributed by atoms with van der Waals surface area (Å²) >= 11 is 0. The van der Waals surface area contributed by atoms with Crippen LogP contribution in [0.3, 0.4) is 0 Å². The molecule has 0 aromatic rings. The zero-order valence-corrected chi connectivity index (χ0v) is 14.6. The van der Waals surface area contributed by atoms with Crippen molar-refractivity contribution in [2.24, 2.45) is 5.73 Å². The fraction of sp³-hybridized carbons (Fsp3) is 0.571. The summed E-state index contributed by atoms with van der Waals surface area (Å²) in [5.74, 6) is -3.14. The molecule has 0 saturated heterocycles. The molecule has 9 N–H and O–H groups in total. The number of hydrogen-bond acceptors (Lipinski definition) is 8. The molecule has 1 unspecified atom stereocenters. The van der Waals surface area contributed by atoms with Gasteiger partial charge in [-0.05, 0) is 6.08 Å². The maximum absolute atomic E-state index is 11.6. The van der Waals surface area contributed by atoms with E-state index in [0.29, 0.717) is 0 Å². The van der Waals surface area contributed by atoms with Crippen LogP contribution in [-0.4, -0.2) is 83.3 Å². The molecule has 0 bridgehead atoms. The van der Waals surface area contributed by atoms with Crippen LogP contribution in [0.4, 0.5) is 4.79 Å². The number of carbonyl (C=O) groups is 3. The number of nitrogens with one attached hydrogen (secondary N) is 4. The number of ether oxygens (including phenoxy) is 2. The Morgan fingerprint density at radius 3 is 2.48 bits per heavy atom. The van der Waals surface area contributed by atoms with Crippen molar-refractivity contribution in [3.8, 4) is 0 Å². The first-order valence-electron chi connectivity index (χ1n) is 7.77. The lowest BCUT2D eigenvalue weighted by Crippen LogP contribution is -2.64. The van der Waals surface area contributed by atoms with Gasteiger partial charge in [-0.25, -0.2) is 9.59 Å². The van der Waals surface area contributed by atoms with Gasteiger partial charge in [0.05, 0.1) is 18.7 Å². The molecule has 0 aliphatic carbocycles. The summed E-state index contributed by atoms with van der Waals surface area (Å²) in [5.41, 5.74) is 5.30. The van der Waals surface area contributed by atoms with E-state index in [9.17, 15) is 29.7 Å². The Hall–Kier alpha value is -3.06. The summed E-state index contributed by atoms with van der Waals surface area (Å²) in [6.07, 6.45) is -4.56. The van der Waals surface area contributed by atoms with Crippen LogP contribution < -0.4 is 21.7 Å². The normalized spacial score (nSPS) is 23.7. The third-order valence-electron chi connectivity index (χ3n) is 3.58. The molecule has 1 aliphatic heterocycles. The summed E-state index contributed by atoms with van der Waals surface area (Å²) in [5, 5.41) is 43.0. The van der Waals surface area contributed by atoms with Crippen molar-refractivity contribution >= 4 is 23.9 Å². The molecule has 5 atom stereocenters. The molecular weight excluding hydrogens is 366 g/mol. The monoisotopic (exact) mass is 389 g/mol. The maximum atomic E-state index is 11.6. The molecule has 0 saturated carbocycles. The van der Waals surface area contributed by atoms with Crippen LogP contribution in [0.25, 0.3) is 0 Å². The van der Waals surface area contributed by atoms with Crippen molar-refractivity contribution in [2.75, 3.05) is 13.7 Å². The van der Waals surface area contributed by atoms with Crippen LogP contribution >= 0.6 is 0 Å². The van der Waals surface area contributed by atoms with E-state index in [1.54, 1.807) is 0 Å². The molecule has 0 aromatic heterocycles. The fourth-order valence-electron chi connectivity index (χ4n) is 2.49. The quantitative estimate of drug-likeness (QED) is 0.161. The lowest BCUT2D eigenvalue weighted by molar-refractivity contribution is -0.146. The van der Waals surface area contributed by atoms with Gasteiger partial charge in [0.2, 0.25) is 11.7 Å². The van der Waals surface area contributed by atoms with Crippen molar-refractivity contribution < 1.29 is 39.2 Å². The average Bonchev–Trinajstić information content (AvgIpc) is 2.59. The van der Waals surface area contributed by atoms with E-state index in [1.165, 1.54) is 14.0 Å². The van der Waals surface area contributed by atoms with Gasteiger partial charge >= 0.3 is 12.1 Å². The number of nitrogens with two attached hydrogens (primary N) is 1. The van der Waals surface area contributed by atoms with Crippen molar-refractivity contribution in [3.63, 3.8) is 0 Å². The second-order valence-corrected chi connectivity index (χ2v) is 5.60. The van der Waals surface area contributed by atoms with E-state index in [2.05, 4.69) is 16.0 Å². The molecule has 13 nitrogen and oxygen atoms in total. The molecule has 1 rings (SSSR count). The highest BCUT2D eigenvalue weighted by Gasteiger charge is 2.46. The van der Waals surface area contributed by atoms with Gasteiger partial charge < -0.3 is 46.5 Å². The third-order valence-corrected chi connectivity index (χ3v) is 3.58. The summed E-state index contributed by atoms with van der Waals surface area (Å²) in [7, 11) is 1.25. The van der Waals surface area contributed by atoms with Gasteiger partial charge in [-0.1, -0.05) is 0 Å². The molecule has 0 fully saturated rings. The van der Waals surface area contributed by atoms with Gasteiger partial charge in [0.25, 0.3) is 0 Å². The minimum Gasteiger partial charge on any atom is -0.477 e. The Kier molecular flexibility index (Phi) is 7.80. The van der Waals surface area contributed by atoms with E-state index in [1.807, 2.05) is 0 Å². The Morgan fingerprint density at radius 2 is 2.04 bits per heavy atom. The lowest BCUT2D eigenvalue weighted by atomic mass is 9.92. The molecule has 1 heterocycles. The second-order valence-electron chi connectivity index (χ2n) is 5.60. The molecule has 2 amide bonds. The van der Waals surface area contributed by atoms with E-state index >= 15 is 0 Å². The molecule has 1 aliphatic rings. The Labute approximate surface area is 154 Å². The van der Waals surface area contributed by atoms with Gasteiger partial charge in [0.1, 0.15) is 6.10 Å². The largest absolute Gasteiger partial charge is 0.477 e. The molecule has 13 heteroatoms. The molecular formula is C14H23N5O8. The van der Waals surface area contributed by atoms with Gasteiger partial charge in [-0.15, -0.1) is 0 Å². The standard InChI is InChI=1S/C14H23N5O8/c1-5(21)18-9-6(19-13(15)16)3-8(12(23)24)26-11(9)10(7(22)4-20)27-14(25)17-2/h3,6-7,9-11,20,22H,4H2,1-2H3,(H,17,25)(H,18,21)(H,23,24)(H4,15,16,19)/t6-,7?,9-,10+,11+/m0/s1. The topological polar surface area (TPSA) is 216 Å². The predicted molar refractivity (Wildman–Crippen MR) is 89.5 cm³/mol. The first kappa shape index (κ1) is 22.0. The minimum atomic E-state index is -1.66. The minimum absolute atomic E-state index is 0.525. The lowest BCUT2D eigenvalue weighted by Gasteiger charge is -2.41. The van der Waals surface area contributed by atoms with Crippen LogP contribution in [0.15, 0.2) is 11.8 Å². The fourth-order valence-corrected chi connectivity index (χ4v) is 2.49. The molecule has 27 heavy (non-hydrogen) atoms. The zero-order valence-electron chi connectivity index (χ0n) is 14.6. The van der Waals surface area contributed by atoms with Crippen LogP contribution in [-0.2, 0) is 19.1 Å². The van der Waals surface area contributed by atoms with Crippen molar-refractivity contribution in [1.82, 2.24) is 16.0 Å². The number of rotatable bonds is 7. The number of hydrogen-bond donors (Lipinski definition) is 8. The Balaban J connectivity index is 3.38. The number of aliphatic hydroxyl groups is 2. The second kappa shape index (κ2) is 9.59. The molecule has 152 valence electrons. The summed E-state index contributed by atoms with van der Waals surface area (Å²) in [6, 6.07) is -2.15. The maximum Gasteiger partial charge on any atom is 0.407 e. The van der Waals surface area contributed by atoms with Crippen molar-refractivity contribution in [3.05, 3.63) is 11.8 Å². The van der Waals surface area contributed by atoms with Gasteiger partial charge in [0, 0.05) is 14.0 Å². The highest BCUT2D eigenvalue weighted by atomic mass is 16.6. The predicted octanol–water partition coefficient (Wildman–Crippen LogP) is -3.21. The zero-order chi connectivity index (χ0) is 20.7. The van der Waals surface area contributed by atoms with E-state index in [4.69, 9.17) is 20.6 Å². The average molecular weight is 389 g/mol. The van der Waals surface area contributed by atoms with E-state index in [-0.39, 0.29) is 0 Å². The first-order chi connectivity index (χ1) is 12.6. The van der Waals surface area contributed by atoms with Gasteiger partial charge in [-0.2, -0.15) is 0 Å². The van der Waals surface area contributed by atoms with Gasteiger partial charge in [0.15, 0.2) is 18.2 Å². The number of aliphatic carboxylic acids is 1. The highest BCUT2D eigenvalue weighted by Crippen LogP contribution is 2.25. The molecule has 0 spiro atoms.